The standard InChI is InChI=1S/C20H21N7O/c1-13(2)14-7-20(26-22-9-14)25-19-5-4-17-18(24-19)6-15(8-21-17)16-10-23-27(11-16)12-28-3/h4-11,13H,12H2,1-3H3,(H,24,25,26). The Morgan fingerprint density at radius 1 is 1.04 bits per heavy atom. The van der Waals surface area contributed by atoms with Gasteiger partial charge in [-0.15, -0.1) is 5.10 Å². The lowest BCUT2D eigenvalue weighted by Gasteiger charge is -2.09. The minimum absolute atomic E-state index is 0.381. The Morgan fingerprint density at radius 2 is 1.93 bits per heavy atom. The van der Waals surface area contributed by atoms with Gasteiger partial charge in [0.25, 0.3) is 0 Å². The van der Waals surface area contributed by atoms with E-state index in [0.717, 1.165) is 27.7 Å². The molecule has 4 aromatic heterocycles. The Morgan fingerprint density at radius 3 is 2.75 bits per heavy atom. The maximum Gasteiger partial charge on any atom is 0.154 e. The van der Waals surface area contributed by atoms with Crippen molar-refractivity contribution in [3.05, 3.63) is 54.6 Å². The molecule has 0 aliphatic heterocycles. The third kappa shape index (κ3) is 3.81. The van der Waals surface area contributed by atoms with Gasteiger partial charge in [0.15, 0.2) is 5.82 Å². The highest BCUT2D eigenvalue weighted by atomic mass is 16.5. The van der Waals surface area contributed by atoms with Crippen molar-refractivity contribution in [2.45, 2.75) is 26.5 Å². The Kier molecular flexibility index (Phi) is 4.94. The van der Waals surface area contributed by atoms with Crippen LogP contribution < -0.4 is 5.32 Å². The van der Waals surface area contributed by atoms with Crippen LogP contribution in [-0.2, 0) is 11.5 Å². The van der Waals surface area contributed by atoms with E-state index in [9.17, 15) is 0 Å². The first kappa shape index (κ1) is 18.0. The summed E-state index contributed by atoms with van der Waals surface area (Å²) in [5.74, 6) is 1.74. The van der Waals surface area contributed by atoms with E-state index in [1.165, 1.54) is 0 Å². The predicted octanol–water partition coefficient (Wildman–Crippen LogP) is 3.75. The minimum Gasteiger partial charge on any atom is -0.362 e. The van der Waals surface area contributed by atoms with Crippen molar-refractivity contribution in [3.8, 4) is 11.1 Å². The van der Waals surface area contributed by atoms with E-state index >= 15 is 0 Å². The van der Waals surface area contributed by atoms with Crippen LogP contribution in [0.15, 0.2) is 49.1 Å². The maximum absolute atomic E-state index is 5.10. The molecule has 0 aliphatic rings. The van der Waals surface area contributed by atoms with Crippen molar-refractivity contribution in [2.24, 2.45) is 0 Å². The minimum atomic E-state index is 0.381. The molecule has 0 unspecified atom stereocenters. The van der Waals surface area contributed by atoms with Gasteiger partial charge in [-0.1, -0.05) is 13.8 Å². The molecule has 0 fully saturated rings. The van der Waals surface area contributed by atoms with Crippen molar-refractivity contribution in [1.82, 2.24) is 29.9 Å². The second-order valence-electron chi connectivity index (χ2n) is 6.80. The number of ether oxygens (including phenoxy) is 1. The summed E-state index contributed by atoms with van der Waals surface area (Å²) in [6.07, 6.45) is 7.31. The van der Waals surface area contributed by atoms with Crippen LogP contribution >= 0.6 is 0 Å². The first-order valence-corrected chi connectivity index (χ1v) is 9.00. The normalized spacial score (nSPS) is 11.3. The highest BCUT2D eigenvalue weighted by molar-refractivity contribution is 5.81. The molecule has 0 saturated heterocycles. The number of nitrogens with zero attached hydrogens (tertiary/aromatic N) is 6. The summed E-state index contributed by atoms with van der Waals surface area (Å²) in [5.41, 5.74) is 4.63. The number of aromatic nitrogens is 6. The predicted molar refractivity (Wildman–Crippen MR) is 107 cm³/mol. The van der Waals surface area contributed by atoms with E-state index in [1.54, 1.807) is 24.2 Å². The van der Waals surface area contributed by atoms with Crippen molar-refractivity contribution in [2.75, 3.05) is 12.4 Å². The maximum atomic E-state index is 5.10. The van der Waals surface area contributed by atoms with Crippen LogP contribution in [0.5, 0.6) is 0 Å². The molecule has 0 saturated carbocycles. The number of fused-ring (bicyclic) bond motifs is 1. The van der Waals surface area contributed by atoms with Crippen molar-refractivity contribution >= 4 is 22.7 Å². The van der Waals surface area contributed by atoms with Gasteiger partial charge in [0.2, 0.25) is 0 Å². The number of pyridine rings is 2. The summed E-state index contributed by atoms with van der Waals surface area (Å²) in [6.45, 7) is 4.65. The lowest BCUT2D eigenvalue weighted by Crippen LogP contribution is -2.00. The van der Waals surface area contributed by atoms with E-state index < -0.39 is 0 Å². The zero-order chi connectivity index (χ0) is 19.5. The Balaban J connectivity index is 1.63. The van der Waals surface area contributed by atoms with Gasteiger partial charge in [0.1, 0.15) is 12.5 Å². The molecule has 0 bridgehead atoms. The summed E-state index contributed by atoms with van der Waals surface area (Å²) >= 11 is 0. The summed E-state index contributed by atoms with van der Waals surface area (Å²) in [4.78, 5) is 9.19. The van der Waals surface area contributed by atoms with E-state index in [2.05, 4.69) is 44.4 Å². The number of hydrogen-bond acceptors (Lipinski definition) is 7. The molecule has 28 heavy (non-hydrogen) atoms. The van der Waals surface area contributed by atoms with Crippen LogP contribution in [0.25, 0.3) is 22.2 Å². The average Bonchev–Trinajstić information content (AvgIpc) is 3.16. The SMILES string of the molecule is COCn1cc(-c2cnc3ccc(Nc4cc(C(C)C)cnn4)nc3c2)cn1. The van der Waals surface area contributed by atoms with Gasteiger partial charge in [0, 0.05) is 30.6 Å². The van der Waals surface area contributed by atoms with Gasteiger partial charge in [-0.25, -0.2) is 9.67 Å². The Hall–Kier alpha value is -3.39. The van der Waals surface area contributed by atoms with E-state index in [1.807, 2.05) is 36.7 Å². The Bertz CT molecular complexity index is 1110. The van der Waals surface area contributed by atoms with Crippen LogP contribution in [-0.4, -0.2) is 37.1 Å². The van der Waals surface area contributed by atoms with Crippen LogP contribution in [0.1, 0.15) is 25.3 Å². The van der Waals surface area contributed by atoms with Crippen molar-refractivity contribution < 1.29 is 4.74 Å². The van der Waals surface area contributed by atoms with Crippen molar-refractivity contribution in [1.29, 1.82) is 0 Å². The molecular formula is C20H21N7O. The fourth-order valence-electron chi connectivity index (χ4n) is 2.84. The van der Waals surface area contributed by atoms with Crippen LogP contribution in [0, 0.1) is 0 Å². The highest BCUT2D eigenvalue weighted by Gasteiger charge is 2.07. The number of hydrogen-bond donors (Lipinski definition) is 1. The van der Waals surface area contributed by atoms with Crippen LogP contribution in [0.2, 0.25) is 0 Å². The molecule has 4 aromatic rings. The second kappa shape index (κ2) is 7.69. The number of nitrogens with one attached hydrogen (secondary N) is 1. The fraction of sp³-hybridized carbons (Fsp3) is 0.250. The first-order chi connectivity index (χ1) is 13.6. The van der Waals surface area contributed by atoms with E-state index in [4.69, 9.17) is 4.74 Å². The zero-order valence-corrected chi connectivity index (χ0v) is 16.0. The van der Waals surface area contributed by atoms with Crippen LogP contribution in [0.4, 0.5) is 11.6 Å². The molecule has 4 heterocycles. The highest BCUT2D eigenvalue weighted by Crippen LogP contribution is 2.24. The van der Waals surface area contributed by atoms with Gasteiger partial charge in [-0.05, 0) is 35.7 Å². The molecular weight excluding hydrogens is 354 g/mol. The molecule has 0 amide bonds. The summed E-state index contributed by atoms with van der Waals surface area (Å²) in [7, 11) is 1.64. The average molecular weight is 375 g/mol. The second-order valence-corrected chi connectivity index (χ2v) is 6.80. The molecule has 142 valence electrons. The van der Waals surface area contributed by atoms with Gasteiger partial charge >= 0.3 is 0 Å². The molecule has 8 nitrogen and oxygen atoms in total. The third-order valence-electron chi connectivity index (χ3n) is 4.36. The van der Waals surface area contributed by atoms with E-state index in [0.29, 0.717) is 24.3 Å². The number of rotatable bonds is 6. The lowest BCUT2D eigenvalue weighted by atomic mass is 10.1. The molecule has 0 spiro atoms. The zero-order valence-electron chi connectivity index (χ0n) is 16.0. The van der Waals surface area contributed by atoms with Crippen LogP contribution in [0.3, 0.4) is 0 Å². The molecule has 0 radical (unpaired) electrons. The summed E-state index contributed by atoms with van der Waals surface area (Å²) < 4.78 is 6.82. The number of anilines is 2. The lowest BCUT2D eigenvalue weighted by molar-refractivity contribution is 0.120. The molecule has 8 heteroatoms. The molecule has 4 rings (SSSR count). The number of methoxy groups -OCH3 is 1. The molecule has 0 aromatic carbocycles. The molecule has 1 N–H and O–H groups in total. The fourth-order valence-corrected chi connectivity index (χ4v) is 2.84. The summed E-state index contributed by atoms with van der Waals surface area (Å²) in [6, 6.07) is 7.80. The van der Waals surface area contributed by atoms with Crippen molar-refractivity contribution in [3.63, 3.8) is 0 Å². The van der Waals surface area contributed by atoms with Gasteiger partial charge in [0.05, 0.1) is 23.4 Å². The van der Waals surface area contributed by atoms with Gasteiger partial charge in [-0.2, -0.15) is 10.2 Å². The molecule has 0 atom stereocenters. The monoisotopic (exact) mass is 375 g/mol. The molecule has 0 aliphatic carbocycles. The van der Waals surface area contributed by atoms with E-state index in [-0.39, 0.29) is 0 Å². The van der Waals surface area contributed by atoms with Gasteiger partial charge in [-0.3, -0.25) is 4.98 Å². The Labute approximate surface area is 162 Å². The largest absolute Gasteiger partial charge is 0.362 e. The topological polar surface area (TPSA) is 90.6 Å². The quantitative estimate of drug-likeness (QED) is 0.549. The smallest absolute Gasteiger partial charge is 0.154 e. The third-order valence-corrected chi connectivity index (χ3v) is 4.36. The van der Waals surface area contributed by atoms with Gasteiger partial charge < -0.3 is 10.1 Å². The summed E-state index contributed by atoms with van der Waals surface area (Å²) in [5, 5.41) is 15.7. The first-order valence-electron chi connectivity index (χ1n) is 9.00.